The molecular formula is C12H27NO5. The van der Waals surface area contributed by atoms with Gasteiger partial charge in [-0.1, -0.05) is 0 Å². The number of aliphatic hydroxyl groups is 1. The molecule has 0 amide bonds. The van der Waals surface area contributed by atoms with Gasteiger partial charge in [-0.2, -0.15) is 0 Å². The van der Waals surface area contributed by atoms with Crippen molar-refractivity contribution in [1.82, 2.24) is 0 Å². The van der Waals surface area contributed by atoms with Crippen LogP contribution < -0.4 is 5.73 Å². The Bertz CT molecular complexity index is 178. The minimum absolute atomic E-state index is 0.0360. The Morgan fingerprint density at radius 2 is 1.33 bits per heavy atom. The maximum Gasteiger partial charge on any atom is 0.0701 e. The molecule has 0 bridgehead atoms. The van der Waals surface area contributed by atoms with Gasteiger partial charge in [0.15, 0.2) is 0 Å². The lowest BCUT2D eigenvalue weighted by Gasteiger charge is -2.21. The summed E-state index contributed by atoms with van der Waals surface area (Å²) in [6, 6.07) is 0. The van der Waals surface area contributed by atoms with Gasteiger partial charge in [-0.15, -0.1) is 0 Å². The Labute approximate surface area is 109 Å². The molecule has 0 aliphatic carbocycles. The smallest absolute Gasteiger partial charge is 0.0701 e. The number of aliphatic hydroxyl groups excluding tert-OH is 1. The van der Waals surface area contributed by atoms with Crippen molar-refractivity contribution in [1.29, 1.82) is 0 Å². The van der Waals surface area contributed by atoms with Crippen molar-refractivity contribution in [2.24, 2.45) is 5.73 Å². The van der Waals surface area contributed by atoms with E-state index in [4.69, 9.17) is 29.8 Å². The van der Waals surface area contributed by atoms with Gasteiger partial charge in [-0.05, 0) is 13.3 Å². The van der Waals surface area contributed by atoms with Gasteiger partial charge < -0.3 is 29.8 Å². The van der Waals surface area contributed by atoms with Crippen LogP contribution in [0.25, 0.3) is 0 Å². The predicted octanol–water partition coefficient (Wildman–Crippen LogP) is -0.218. The second-order valence-electron chi connectivity index (χ2n) is 4.39. The van der Waals surface area contributed by atoms with Gasteiger partial charge >= 0.3 is 0 Å². The van der Waals surface area contributed by atoms with Gasteiger partial charge in [0, 0.05) is 19.3 Å². The summed E-state index contributed by atoms with van der Waals surface area (Å²) in [5, 5.41) is 8.93. The van der Waals surface area contributed by atoms with Crippen molar-refractivity contribution in [2.75, 3.05) is 60.0 Å². The van der Waals surface area contributed by atoms with Crippen LogP contribution >= 0.6 is 0 Å². The van der Waals surface area contributed by atoms with Gasteiger partial charge in [0.2, 0.25) is 0 Å². The first-order valence-corrected chi connectivity index (χ1v) is 6.24. The van der Waals surface area contributed by atoms with Crippen LogP contribution in [0.5, 0.6) is 0 Å². The first-order chi connectivity index (χ1) is 8.62. The summed E-state index contributed by atoms with van der Waals surface area (Å²) in [5.41, 5.74) is 5.19. The largest absolute Gasteiger partial charge is 0.394 e. The fraction of sp³-hybridized carbons (Fsp3) is 1.00. The van der Waals surface area contributed by atoms with Gasteiger partial charge in [0.1, 0.15) is 0 Å². The fourth-order valence-electron chi connectivity index (χ4n) is 1.07. The van der Waals surface area contributed by atoms with E-state index in [1.54, 1.807) is 14.0 Å². The minimum Gasteiger partial charge on any atom is -0.394 e. The molecule has 1 unspecified atom stereocenters. The molecule has 0 aromatic rings. The Balaban J connectivity index is 3.08. The number of methoxy groups -OCH3 is 1. The molecule has 1 atom stereocenters. The highest BCUT2D eigenvalue weighted by molar-refractivity contribution is 4.76. The van der Waals surface area contributed by atoms with Crippen LogP contribution in [0, 0.1) is 0 Å². The summed E-state index contributed by atoms with van der Waals surface area (Å²) in [5.74, 6) is 0. The molecule has 0 aliphatic rings. The quantitative estimate of drug-likeness (QED) is 0.448. The molecule has 0 aromatic carbocycles. The Hall–Kier alpha value is -0.240. The number of hydrogen-bond acceptors (Lipinski definition) is 6. The molecule has 3 N–H and O–H groups in total. The average molecular weight is 265 g/mol. The molecule has 6 heteroatoms. The first-order valence-electron chi connectivity index (χ1n) is 6.24. The van der Waals surface area contributed by atoms with Crippen LogP contribution in [0.15, 0.2) is 0 Å². The predicted molar refractivity (Wildman–Crippen MR) is 68.6 cm³/mol. The van der Waals surface area contributed by atoms with Crippen molar-refractivity contribution >= 4 is 0 Å². The molecule has 0 rings (SSSR count). The van der Waals surface area contributed by atoms with E-state index in [1.807, 2.05) is 0 Å². The lowest BCUT2D eigenvalue weighted by atomic mass is 10.0. The first kappa shape index (κ1) is 17.8. The van der Waals surface area contributed by atoms with E-state index in [2.05, 4.69) is 0 Å². The summed E-state index contributed by atoms with van der Waals surface area (Å²) in [4.78, 5) is 0. The summed E-state index contributed by atoms with van der Waals surface area (Å²) in [6.07, 6.45) is 0.629. The monoisotopic (exact) mass is 265 g/mol. The highest BCUT2D eigenvalue weighted by atomic mass is 16.6. The fourth-order valence-corrected chi connectivity index (χ4v) is 1.07. The normalized spacial score (nSPS) is 14.7. The topological polar surface area (TPSA) is 83.2 Å². The second-order valence-corrected chi connectivity index (χ2v) is 4.39. The molecule has 0 fully saturated rings. The highest BCUT2D eigenvalue weighted by Crippen LogP contribution is 2.03. The molecule has 110 valence electrons. The van der Waals surface area contributed by atoms with E-state index < -0.39 is 5.54 Å². The van der Waals surface area contributed by atoms with E-state index in [1.165, 1.54) is 0 Å². The van der Waals surface area contributed by atoms with E-state index in [9.17, 15) is 0 Å². The molecule has 0 spiro atoms. The molecule has 0 heterocycles. The Morgan fingerprint density at radius 3 is 1.78 bits per heavy atom. The van der Waals surface area contributed by atoms with Gasteiger partial charge in [0.05, 0.1) is 46.2 Å². The lowest BCUT2D eigenvalue weighted by molar-refractivity contribution is 0.000884. The Kier molecular flexibility index (Phi) is 11.7. The molecule has 18 heavy (non-hydrogen) atoms. The lowest BCUT2D eigenvalue weighted by Crippen LogP contribution is -2.41. The molecule has 6 nitrogen and oxygen atoms in total. The second kappa shape index (κ2) is 11.8. The zero-order valence-electron chi connectivity index (χ0n) is 11.5. The molecule has 0 aliphatic heterocycles. The van der Waals surface area contributed by atoms with E-state index in [0.717, 1.165) is 0 Å². The summed E-state index contributed by atoms with van der Waals surface area (Å²) in [7, 11) is 1.64. The molecule has 0 saturated carbocycles. The standard InChI is InChI=1S/C12H27NO5/c1-12(13,11-14)3-4-16-7-8-18-10-9-17-6-5-15-2/h14H,3-11,13H2,1-2H3. The maximum atomic E-state index is 8.93. The highest BCUT2D eigenvalue weighted by Gasteiger charge is 2.15. The third-order valence-electron chi connectivity index (χ3n) is 2.35. The molecular weight excluding hydrogens is 238 g/mol. The van der Waals surface area contributed by atoms with E-state index in [-0.39, 0.29) is 6.61 Å². The van der Waals surface area contributed by atoms with Crippen LogP contribution in [-0.2, 0) is 18.9 Å². The number of hydrogen-bond donors (Lipinski definition) is 2. The molecule has 0 aromatic heterocycles. The van der Waals surface area contributed by atoms with E-state index >= 15 is 0 Å². The number of rotatable bonds is 13. The SMILES string of the molecule is COCCOCCOCCOCCC(C)(N)CO. The number of ether oxygens (including phenoxy) is 4. The summed E-state index contributed by atoms with van der Waals surface area (Å²) >= 11 is 0. The summed E-state index contributed by atoms with van der Waals surface area (Å²) in [6.45, 7) is 5.66. The van der Waals surface area contributed by atoms with Crippen molar-refractivity contribution in [3.05, 3.63) is 0 Å². The van der Waals surface area contributed by atoms with Gasteiger partial charge in [0.25, 0.3) is 0 Å². The van der Waals surface area contributed by atoms with Crippen LogP contribution in [-0.4, -0.2) is 70.6 Å². The van der Waals surface area contributed by atoms with Crippen molar-refractivity contribution < 1.29 is 24.1 Å². The zero-order valence-corrected chi connectivity index (χ0v) is 11.5. The molecule has 0 saturated heterocycles. The molecule has 0 radical (unpaired) electrons. The van der Waals surface area contributed by atoms with Gasteiger partial charge in [-0.3, -0.25) is 0 Å². The van der Waals surface area contributed by atoms with Crippen LogP contribution in [0.3, 0.4) is 0 Å². The van der Waals surface area contributed by atoms with Crippen LogP contribution in [0.2, 0.25) is 0 Å². The third kappa shape index (κ3) is 12.2. The van der Waals surface area contributed by atoms with Crippen molar-refractivity contribution in [2.45, 2.75) is 18.9 Å². The summed E-state index contributed by atoms with van der Waals surface area (Å²) < 4.78 is 20.7. The zero-order chi connectivity index (χ0) is 13.7. The van der Waals surface area contributed by atoms with Crippen LogP contribution in [0.1, 0.15) is 13.3 Å². The van der Waals surface area contributed by atoms with Crippen molar-refractivity contribution in [3.8, 4) is 0 Å². The Morgan fingerprint density at radius 1 is 0.889 bits per heavy atom. The average Bonchev–Trinajstić information content (AvgIpc) is 2.36. The maximum absolute atomic E-state index is 8.93. The van der Waals surface area contributed by atoms with Gasteiger partial charge in [-0.25, -0.2) is 0 Å². The minimum atomic E-state index is -0.559. The number of nitrogens with two attached hydrogens (primary N) is 1. The third-order valence-corrected chi connectivity index (χ3v) is 2.35. The van der Waals surface area contributed by atoms with E-state index in [0.29, 0.717) is 52.7 Å². The van der Waals surface area contributed by atoms with Crippen molar-refractivity contribution in [3.63, 3.8) is 0 Å². The van der Waals surface area contributed by atoms with Crippen LogP contribution in [0.4, 0.5) is 0 Å².